The van der Waals surface area contributed by atoms with Crippen LogP contribution in [0.25, 0.3) is 0 Å². The molecule has 0 spiro atoms. The fourth-order valence-corrected chi connectivity index (χ4v) is 1.09. The van der Waals surface area contributed by atoms with Crippen LogP contribution < -0.4 is 0 Å². The second kappa shape index (κ2) is 5.60. The minimum Gasteiger partial charge on any atom is -0.192 e. The van der Waals surface area contributed by atoms with Crippen molar-refractivity contribution in [1.29, 1.82) is 5.26 Å². The number of hydrogen-bond donors (Lipinski definition) is 0. The van der Waals surface area contributed by atoms with Crippen molar-refractivity contribution in [3.05, 3.63) is 22.8 Å². The molecule has 0 aliphatic heterocycles. The van der Waals surface area contributed by atoms with Crippen LogP contribution in [0.5, 0.6) is 0 Å². The average Bonchev–Trinajstić information content (AvgIpc) is 2.13. The summed E-state index contributed by atoms with van der Waals surface area (Å²) in [7, 11) is 0. The number of rotatable bonds is 0. The number of nitrogens with zero attached hydrogens (tertiary/aromatic N) is 1. The fraction of sp³-hybridized carbons (Fsp3) is 0.545. The molecule has 0 unspecified atom stereocenters. The van der Waals surface area contributed by atoms with Crippen LogP contribution >= 0.6 is 0 Å². The van der Waals surface area contributed by atoms with Crippen molar-refractivity contribution < 1.29 is 0 Å². The van der Waals surface area contributed by atoms with Crippen LogP contribution in [0.2, 0.25) is 0 Å². The topological polar surface area (TPSA) is 23.8 Å². The maximum absolute atomic E-state index is 8.63. The van der Waals surface area contributed by atoms with Gasteiger partial charge in [-0.05, 0) is 32.8 Å². The van der Waals surface area contributed by atoms with E-state index in [0.717, 1.165) is 18.4 Å². The van der Waals surface area contributed by atoms with Gasteiger partial charge in [0, 0.05) is 0 Å². The molecule has 0 radical (unpaired) electrons. The summed E-state index contributed by atoms with van der Waals surface area (Å²) in [4.78, 5) is 0. The minimum atomic E-state index is 0.865. The lowest BCUT2D eigenvalue weighted by atomic mass is 9.95. The van der Waals surface area contributed by atoms with Crippen LogP contribution in [0.15, 0.2) is 22.8 Å². The van der Waals surface area contributed by atoms with Crippen LogP contribution in [0.1, 0.15) is 40.5 Å². The molecule has 1 aliphatic carbocycles. The van der Waals surface area contributed by atoms with E-state index in [0.29, 0.717) is 0 Å². The van der Waals surface area contributed by atoms with Gasteiger partial charge in [0.15, 0.2) is 0 Å². The Hall–Kier alpha value is -1.03. The van der Waals surface area contributed by atoms with E-state index in [1.165, 1.54) is 11.1 Å². The van der Waals surface area contributed by atoms with E-state index in [2.05, 4.69) is 13.0 Å². The normalized spacial score (nSPS) is 15.8. The zero-order valence-corrected chi connectivity index (χ0v) is 8.44. The molecule has 0 fully saturated rings. The zero-order chi connectivity index (χ0) is 9.56. The van der Waals surface area contributed by atoms with Gasteiger partial charge in [-0.2, -0.15) is 5.26 Å². The van der Waals surface area contributed by atoms with Crippen LogP contribution in [-0.4, -0.2) is 0 Å². The highest BCUT2D eigenvalue weighted by atomic mass is 14.3. The third-order valence-electron chi connectivity index (χ3n) is 1.87. The van der Waals surface area contributed by atoms with Crippen molar-refractivity contribution in [3.8, 4) is 6.07 Å². The summed E-state index contributed by atoms with van der Waals surface area (Å²) < 4.78 is 0. The standard InChI is InChI=1S/C9H11N.C2H6/c1-7-3-4-8(2)9(5-7)6-10;1-2/h5H,3-4H2,1-2H3;1-2H3. The van der Waals surface area contributed by atoms with Crippen molar-refractivity contribution in [3.63, 3.8) is 0 Å². The quantitative estimate of drug-likeness (QED) is 0.535. The third kappa shape index (κ3) is 2.92. The second-order valence-electron chi connectivity index (χ2n) is 2.80. The van der Waals surface area contributed by atoms with Crippen LogP contribution in [0, 0.1) is 11.3 Å². The van der Waals surface area contributed by atoms with Gasteiger partial charge >= 0.3 is 0 Å². The molecule has 0 atom stereocenters. The molecular formula is C11H17N. The molecule has 12 heavy (non-hydrogen) atoms. The SMILES string of the molecule is CC.CC1=CC(C#N)=C(C)CC1. The van der Waals surface area contributed by atoms with Gasteiger partial charge in [0.05, 0.1) is 11.6 Å². The zero-order valence-electron chi connectivity index (χ0n) is 8.44. The molecule has 0 heterocycles. The van der Waals surface area contributed by atoms with Crippen molar-refractivity contribution >= 4 is 0 Å². The van der Waals surface area contributed by atoms with E-state index in [9.17, 15) is 0 Å². The maximum atomic E-state index is 8.63. The molecule has 0 amide bonds. The highest BCUT2D eigenvalue weighted by molar-refractivity contribution is 5.41. The van der Waals surface area contributed by atoms with E-state index in [-0.39, 0.29) is 0 Å². The van der Waals surface area contributed by atoms with E-state index in [4.69, 9.17) is 5.26 Å². The summed E-state index contributed by atoms with van der Waals surface area (Å²) >= 11 is 0. The summed E-state index contributed by atoms with van der Waals surface area (Å²) in [5, 5.41) is 8.63. The Morgan fingerprint density at radius 2 is 1.83 bits per heavy atom. The van der Waals surface area contributed by atoms with E-state index >= 15 is 0 Å². The van der Waals surface area contributed by atoms with Crippen molar-refractivity contribution in [2.75, 3.05) is 0 Å². The lowest BCUT2D eigenvalue weighted by molar-refractivity contribution is 0.895. The molecule has 0 bridgehead atoms. The molecule has 1 heteroatoms. The molecule has 1 nitrogen and oxygen atoms in total. The van der Waals surface area contributed by atoms with E-state index in [1.54, 1.807) is 0 Å². The van der Waals surface area contributed by atoms with E-state index in [1.807, 2.05) is 26.8 Å². The molecule has 1 aliphatic rings. The first-order valence-electron chi connectivity index (χ1n) is 4.51. The van der Waals surface area contributed by atoms with Gasteiger partial charge in [-0.1, -0.05) is 25.0 Å². The minimum absolute atomic E-state index is 0.865. The van der Waals surface area contributed by atoms with Crippen molar-refractivity contribution in [2.24, 2.45) is 0 Å². The Labute approximate surface area is 75.4 Å². The Morgan fingerprint density at radius 3 is 2.25 bits per heavy atom. The lowest BCUT2D eigenvalue weighted by Gasteiger charge is -2.09. The van der Waals surface area contributed by atoms with E-state index < -0.39 is 0 Å². The summed E-state index contributed by atoms with van der Waals surface area (Å²) in [5.41, 5.74) is 3.42. The lowest BCUT2D eigenvalue weighted by Crippen LogP contribution is -1.92. The second-order valence-corrected chi connectivity index (χ2v) is 2.80. The monoisotopic (exact) mass is 163 g/mol. The Morgan fingerprint density at radius 1 is 1.25 bits per heavy atom. The third-order valence-corrected chi connectivity index (χ3v) is 1.87. The van der Waals surface area contributed by atoms with Crippen molar-refractivity contribution in [1.82, 2.24) is 0 Å². The molecule has 0 saturated heterocycles. The molecular weight excluding hydrogens is 146 g/mol. The predicted molar refractivity (Wildman–Crippen MR) is 52.7 cm³/mol. The van der Waals surface area contributed by atoms with Gasteiger partial charge in [-0.25, -0.2) is 0 Å². The van der Waals surface area contributed by atoms with Crippen LogP contribution in [0.3, 0.4) is 0 Å². The molecule has 1 rings (SSSR count). The smallest absolute Gasteiger partial charge is 0.0990 e. The number of hydrogen-bond acceptors (Lipinski definition) is 1. The summed E-state index contributed by atoms with van der Waals surface area (Å²) in [6.07, 6.45) is 4.17. The summed E-state index contributed by atoms with van der Waals surface area (Å²) in [5.74, 6) is 0. The van der Waals surface area contributed by atoms with Crippen LogP contribution in [-0.2, 0) is 0 Å². The first-order valence-corrected chi connectivity index (χ1v) is 4.51. The number of allylic oxidation sites excluding steroid dienone is 4. The van der Waals surface area contributed by atoms with Crippen molar-refractivity contribution in [2.45, 2.75) is 40.5 Å². The number of nitriles is 1. The Bertz CT molecular complexity index is 238. The average molecular weight is 163 g/mol. The maximum Gasteiger partial charge on any atom is 0.0990 e. The van der Waals surface area contributed by atoms with Gasteiger partial charge in [0.25, 0.3) is 0 Å². The van der Waals surface area contributed by atoms with Gasteiger partial charge in [0.1, 0.15) is 0 Å². The molecule has 0 N–H and O–H groups in total. The van der Waals surface area contributed by atoms with Gasteiger partial charge < -0.3 is 0 Å². The van der Waals surface area contributed by atoms with Gasteiger partial charge in [0.2, 0.25) is 0 Å². The molecule has 66 valence electrons. The highest BCUT2D eigenvalue weighted by Gasteiger charge is 2.05. The Kier molecular flexibility index (Phi) is 5.12. The highest BCUT2D eigenvalue weighted by Crippen LogP contribution is 2.22. The molecule has 0 aromatic carbocycles. The first kappa shape index (κ1) is 11.0. The summed E-state index contributed by atoms with van der Waals surface area (Å²) in [6.45, 7) is 8.10. The van der Waals surface area contributed by atoms with Crippen LogP contribution in [0.4, 0.5) is 0 Å². The van der Waals surface area contributed by atoms with Gasteiger partial charge in [-0.15, -0.1) is 0 Å². The first-order chi connectivity index (χ1) is 5.74. The Balaban J connectivity index is 0.000000561. The van der Waals surface area contributed by atoms with Gasteiger partial charge in [-0.3, -0.25) is 0 Å². The summed E-state index contributed by atoms with van der Waals surface area (Å²) in [6, 6.07) is 2.19. The fourth-order valence-electron chi connectivity index (χ4n) is 1.09. The largest absolute Gasteiger partial charge is 0.192 e. The molecule has 0 aromatic heterocycles. The molecule has 0 aromatic rings. The molecule has 0 saturated carbocycles. The predicted octanol–water partition coefficient (Wildman–Crippen LogP) is 3.59.